The van der Waals surface area contributed by atoms with Crippen LogP contribution < -0.4 is 0 Å². The summed E-state index contributed by atoms with van der Waals surface area (Å²) in [4.78, 5) is 7.40. The van der Waals surface area contributed by atoms with E-state index >= 15 is 0 Å². The molecule has 2 aromatic rings. The number of aromatic amines is 1. The van der Waals surface area contributed by atoms with E-state index in [0.29, 0.717) is 27.8 Å². The van der Waals surface area contributed by atoms with E-state index in [4.69, 9.17) is 9.78 Å². The van der Waals surface area contributed by atoms with E-state index in [0.717, 1.165) is 11.6 Å². The van der Waals surface area contributed by atoms with E-state index in [-0.39, 0.29) is 5.25 Å². The van der Waals surface area contributed by atoms with Gasteiger partial charge in [-0.3, -0.25) is 0 Å². The summed E-state index contributed by atoms with van der Waals surface area (Å²) in [5, 5.41) is 14.4. The van der Waals surface area contributed by atoms with Crippen molar-refractivity contribution in [2.45, 2.75) is 29.6 Å². The molecule has 3 atom stereocenters. The van der Waals surface area contributed by atoms with Crippen LogP contribution in [0.4, 0.5) is 0 Å². The molecule has 0 aliphatic carbocycles. The van der Waals surface area contributed by atoms with Gasteiger partial charge in [-0.15, -0.1) is 11.8 Å². The Labute approximate surface area is 125 Å². The largest absolute Gasteiger partial charge is 0.342 e. The van der Waals surface area contributed by atoms with Crippen LogP contribution in [-0.2, 0) is 0 Å². The summed E-state index contributed by atoms with van der Waals surface area (Å²) < 4.78 is 5.30. The summed E-state index contributed by atoms with van der Waals surface area (Å²) in [6.45, 7) is 4.49. The molecule has 1 saturated heterocycles. The molecule has 3 rings (SSSR count). The van der Waals surface area contributed by atoms with Gasteiger partial charge >= 0.3 is 0 Å². The van der Waals surface area contributed by atoms with Crippen LogP contribution in [0.15, 0.2) is 16.7 Å². The molecule has 3 heterocycles. The van der Waals surface area contributed by atoms with Gasteiger partial charge in [0.2, 0.25) is 0 Å². The molecule has 0 aromatic carbocycles. The number of nitriles is 1. The molecule has 0 radical (unpaired) electrons. The molecule has 1 aliphatic rings. The lowest BCUT2D eigenvalue weighted by atomic mass is 10.3. The quantitative estimate of drug-likeness (QED) is 0.917. The van der Waals surface area contributed by atoms with E-state index in [9.17, 15) is 0 Å². The van der Waals surface area contributed by atoms with Crippen molar-refractivity contribution >= 4 is 23.5 Å². The van der Waals surface area contributed by atoms with Crippen molar-refractivity contribution < 1.29 is 4.52 Å². The van der Waals surface area contributed by atoms with E-state index in [1.165, 1.54) is 0 Å². The lowest BCUT2D eigenvalue weighted by molar-refractivity contribution is 0.422. The first-order valence-electron chi connectivity index (χ1n) is 6.37. The molecule has 0 bridgehead atoms. The highest BCUT2D eigenvalue weighted by Crippen LogP contribution is 2.43. The standard InChI is InChI=1S/C13H14N4OS2/c1-7-8(2)20-11(6-19-7)12-16-13(18-17-12)10-4-3-9(5-14)15-10/h3-4,7-8,11,15H,6H2,1-2H3. The van der Waals surface area contributed by atoms with Gasteiger partial charge in [0.25, 0.3) is 5.89 Å². The van der Waals surface area contributed by atoms with Gasteiger partial charge < -0.3 is 9.51 Å². The van der Waals surface area contributed by atoms with Crippen molar-refractivity contribution in [1.82, 2.24) is 15.1 Å². The second-order valence-corrected chi connectivity index (χ2v) is 7.72. The Balaban J connectivity index is 1.78. The topological polar surface area (TPSA) is 78.5 Å². The Kier molecular flexibility index (Phi) is 3.76. The van der Waals surface area contributed by atoms with Crippen molar-refractivity contribution in [2.24, 2.45) is 0 Å². The fourth-order valence-corrected chi connectivity index (χ4v) is 4.81. The number of thioether (sulfide) groups is 2. The van der Waals surface area contributed by atoms with Crippen molar-refractivity contribution in [1.29, 1.82) is 5.26 Å². The predicted octanol–water partition coefficient (Wildman–Crippen LogP) is 3.23. The third-order valence-corrected chi connectivity index (χ3v) is 6.70. The normalized spacial score (nSPS) is 26.4. The zero-order chi connectivity index (χ0) is 14.1. The van der Waals surface area contributed by atoms with Gasteiger partial charge in [-0.2, -0.15) is 22.0 Å². The molecule has 104 valence electrons. The van der Waals surface area contributed by atoms with Gasteiger partial charge in [-0.1, -0.05) is 19.0 Å². The predicted molar refractivity (Wildman–Crippen MR) is 80.5 cm³/mol. The summed E-state index contributed by atoms with van der Waals surface area (Å²) in [7, 11) is 0. The maximum atomic E-state index is 8.81. The van der Waals surface area contributed by atoms with Gasteiger partial charge in [0.05, 0.1) is 5.25 Å². The Morgan fingerprint density at radius 2 is 2.25 bits per heavy atom. The van der Waals surface area contributed by atoms with Gasteiger partial charge in [0.1, 0.15) is 17.5 Å². The summed E-state index contributed by atoms with van der Waals surface area (Å²) in [6, 6.07) is 5.53. The number of H-pyrrole nitrogens is 1. The molecule has 0 amide bonds. The number of aromatic nitrogens is 3. The van der Waals surface area contributed by atoms with Crippen LogP contribution in [0.2, 0.25) is 0 Å². The molecule has 5 nitrogen and oxygen atoms in total. The first-order valence-corrected chi connectivity index (χ1v) is 8.36. The van der Waals surface area contributed by atoms with E-state index in [1.807, 2.05) is 29.6 Å². The molecular weight excluding hydrogens is 292 g/mol. The average Bonchev–Trinajstić information content (AvgIpc) is 3.09. The first-order chi connectivity index (χ1) is 9.67. The van der Waals surface area contributed by atoms with Crippen molar-refractivity contribution in [3.63, 3.8) is 0 Å². The highest BCUT2D eigenvalue weighted by molar-refractivity contribution is 8.07. The molecule has 3 unspecified atom stereocenters. The fourth-order valence-electron chi connectivity index (χ4n) is 1.98. The maximum absolute atomic E-state index is 8.81. The summed E-state index contributed by atoms with van der Waals surface area (Å²) in [6.07, 6.45) is 0. The molecule has 2 aromatic heterocycles. The number of hydrogen-bond donors (Lipinski definition) is 1. The number of hydrogen-bond acceptors (Lipinski definition) is 6. The monoisotopic (exact) mass is 306 g/mol. The molecule has 0 saturated carbocycles. The highest BCUT2D eigenvalue weighted by atomic mass is 32.2. The number of nitrogens with zero attached hydrogens (tertiary/aromatic N) is 3. The molecule has 1 N–H and O–H groups in total. The first kappa shape index (κ1) is 13.6. The van der Waals surface area contributed by atoms with Crippen molar-refractivity contribution in [3.05, 3.63) is 23.7 Å². The third kappa shape index (κ3) is 2.58. The maximum Gasteiger partial charge on any atom is 0.274 e. The zero-order valence-electron chi connectivity index (χ0n) is 11.2. The lowest BCUT2D eigenvalue weighted by Crippen LogP contribution is -2.22. The Bertz CT molecular complexity index is 645. The summed E-state index contributed by atoms with van der Waals surface area (Å²) >= 11 is 3.85. The highest BCUT2D eigenvalue weighted by Gasteiger charge is 2.30. The Hall–Kier alpha value is -1.39. The molecule has 1 fully saturated rings. The average molecular weight is 306 g/mol. The van der Waals surface area contributed by atoms with Crippen LogP contribution in [0.3, 0.4) is 0 Å². The second kappa shape index (κ2) is 5.54. The summed E-state index contributed by atoms with van der Waals surface area (Å²) in [5.41, 5.74) is 1.18. The van der Waals surface area contributed by atoms with Crippen molar-refractivity contribution in [2.75, 3.05) is 5.75 Å². The molecule has 20 heavy (non-hydrogen) atoms. The minimum atomic E-state index is 0.272. The van der Waals surface area contributed by atoms with Gasteiger partial charge in [0.15, 0.2) is 5.82 Å². The second-order valence-electron chi connectivity index (χ2n) is 4.72. The van der Waals surface area contributed by atoms with E-state index in [2.05, 4.69) is 29.0 Å². The molecule has 7 heteroatoms. The van der Waals surface area contributed by atoms with Gasteiger partial charge in [-0.25, -0.2) is 0 Å². The van der Waals surface area contributed by atoms with Crippen LogP contribution in [0.1, 0.15) is 30.6 Å². The molecule has 1 aliphatic heterocycles. The van der Waals surface area contributed by atoms with Gasteiger partial charge in [0, 0.05) is 16.3 Å². The van der Waals surface area contributed by atoms with E-state index in [1.54, 1.807) is 12.1 Å². The number of rotatable bonds is 2. The smallest absolute Gasteiger partial charge is 0.274 e. The van der Waals surface area contributed by atoms with Crippen LogP contribution in [0, 0.1) is 11.3 Å². The van der Waals surface area contributed by atoms with Crippen LogP contribution >= 0.6 is 23.5 Å². The van der Waals surface area contributed by atoms with Crippen LogP contribution in [0.5, 0.6) is 0 Å². The summed E-state index contributed by atoms with van der Waals surface area (Å²) in [5.74, 6) is 2.19. The van der Waals surface area contributed by atoms with Crippen LogP contribution in [-0.4, -0.2) is 31.4 Å². The van der Waals surface area contributed by atoms with Gasteiger partial charge in [-0.05, 0) is 12.1 Å². The number of nitrogens with one attached hydrogen (secondary N) is 1. The zero-order valence-corrected chi connectivity index (χ0v) is 12.8. The SMILES string of the molecule is CC1SCC(c2noc(-c3ccc(C#N)[nH]3)n2)SC1C. The fraction of sp³-hybridized carbons (Fsp3) is 0.462. The molecular formula is C13H14N4OS2. The van der Waals surface area contributed by atoms with E-state index < -0.39 is 0 Å². The molecule has 0 spiro atoms. The minimum Gasteiger partial charge on any atom is -0.342 e. The van der Waals surface area contributed by atoms with Crippen LogP contribution in [0.25, 0.3) is 11.6 Å². The third-order valence-electron chi connectivity index (χ3n) is 3.32. The minimum absolute atomic E-state index is 0.272. The van der Waals surface area contributed by atoms with Crippen molar-refractivity contribution in [3.8, 4) is 17.7 Å². The Morgan fingerprint density at radius 1 is 1.40 bits per heavy atom. The lowest BCUT2D eigenvalue weighted by Gasteiger charge is -2.29. The Morgan fingerprint density at radius 3 is 2.95 bits per heavy atom.